The molecule has 4 rings (SSSR count). The Morgan fingerprint density at radius 2 is 1.51 bits per heavy atom. The van der Waals surface area contributed by atoms with E-state index in [9.17, 15) is 0 Å². The lowest BCUT2D eigenvalue weighted by Crippen LogP contribution is -2.36. The molecule has 0 radical (unpaired) electrons. The van der Waals surface area contributed by atoms with E-state index in [0.717, 1.165) is 34.7 Å². The highest BCUT2D eigenvalue weighted by Crippen LogP contribution is 2.28. The molecule has 0 fully saturated rings. The van der Waals surface area contributed by atoms with E-state index in [0.29, 0.717) is 42.4 Å². The van der Waals surface area contributed by atoms with Crippen molar-refractivity contribution in [2.75, 3.05) is 26.2 Å². The summed E-state index contributed by atoms with van der Waals surface area (Å²) in [4.78, 5) is 9.16. The van der Waals surface area contributed by atoms with Gasteiger partial charge in [-0.1, -0.05) is 36.4 Å². The van der Waals surface area contributed by atoms with Gasteiger partial charge in [0.25, 0.3) is 0 Å². The van der Waals surface area contributed by atoms with Crippen LogP contribution in [0.25, 0.3) is 11.9 Å². The van der Waals surface area contributed by atoms with Crippen molar-refractivity contribution in [3.8, 4) is 11.5 Å². The van der Waals surface area contributed by atoms with Crippen molar-refractivity contribution in [1.29, 1.82) is 0 Å². The van der Waals surface area contributed by atoms with E-state index < -0.39 is 0 Å². The molecule has 0 aliphatic rings. The highest BCUT2D eigenvalue weighted by Gasteiger charge is 2.14. The minimum Gasteiger partial charge on any atom is -0.493 e. The number of pyridine rings is 1. The summed E-state index contributed by atoms with van der Waals surface area (Å²) in [6.07, 6.45) is 3.39. The Labute approximate surface area is 255 Å². The number of ether oxygens (including phenoxy) is 2. The molecule has 0 aliphatic heterocycles. The van der Waals surface area contributed by atoms with Crippen LogP contribution in [0.4, 0.5) is 10.2 Å². The Bertz CT molecular complexity index is 1500. The van der Waals surface area contributed by atoms with Gasteiger partial charge in [0, 0.05) is 44.1 Å². The van der Waals surface area contributed by atoms with Crippen LogP contribution >= 0.6 is 0 Å². The summed E-state index contributed by atoms with van der Waals surface area (Å²) in [5.41, 5.74) is 5.30. The fraction of sp³-hybridized carbons (Fsp3) is 0.371. The number of aromatic nitrogens is 3. The summed E-state index contributed by atoms with van der Waals surface area (Å²) in [5, 5.41) is 4.55. The third-order valence-electron chi connectivity index (χ3n) is 7.59. The van der Waals surface area contributed by atoms with E-state index in [4.69, 9.17) is 9.47 Å². The van der Waals surface area contributed by atoms with Gasteiger partial charge in [0.2, 0.25) is 0 Å². The number of rotatable bonds is 13. The third kappa shape index (κ3) is 8.23. The Hall–Kier alpha value is -4.17. The van der Waals surface area contributed by atoms with Gasteiger partial charge in [-0.2, -0.15) is 5.10 Å². The molecular weight excluding hydrogens is 541 g/mol. The van der Waals surface area contributed by atoms with Crippen LogP contribution in [-0.2, 0) is 19.6 Å². The van der Waals surface area contributed by atoms with Gasteiger partial charge in [0.1, 0.15) is 11.5 Å². The van der Waals surface area contributed by atoms with Gasteiger partial charge in [0.05, 0.1) is 20.8 Å². The number of hydrogen-bond donors (Lipinski definition) is 0. The number of aryl methyl sites for hydroxylation is 1. The molecule has 0 atom stereocenters. The standard InChI is InChI=1S/C35H44FN5O2/c1-24(2)40(25(3)4)22-28-11-9-27(10-12-28)18-31(36)32-17-26(5)41(38-32)23-30-14-16-35(37-20-30)39(6)21-29-13-15-33(42-7)34(19-29)43-8/h9-20,24-25H,21-23H2,1-8H3. The second kappa shape index (κ2) is 14.3. The van der Waals surface area contributed by atoms with E-state index in [1.165, 1.54) is 5.56 Å². The van der Waals surface area contributed by atoms with Gasteiger partial charge in [-0.05, 0) is 87.2 Å². The normalized spacial score (nSPS) is 12.0. The number of hydrogen-bond acceptors (Lipinski definition) is 6. The molecule has 0 saturated carbocycles. The molecule has 0 amide bonds. The summed E-state index contributed by atoms with van der Waals surface area (Å²) in [6.45, 7) is 12.8. The van der Waals surface area contributed by atoms with Crippen LogP contribution in [0.5, 0.6) is 11.5 Å². The monoisotopic (exact) mass is 585 g/mol. The van der Waals surface area contributed by atoms with Crippen LogP contribution in [0, 0.1) is 6.92 Å². The van der Waals surface area contributed by atoms with Crippen molar-refractivity contribution in [3.05, 3.63) is 101 Å². The highest BCUT2D eigenvalue weighted by atomic mass is 19.1. The van der Waals surface area contributed by atoms with Crippen molar-refractivity contribution in [3.63, 3.8) is 0 Å². The number of halogens is 1. The van der Waals surface area contributed by atoms with Gasteiger partial charge in [-0.15, -0.1) is 0 Å². The van der Waals surface area contributed by atoms with Crippen molar-refractivity contribution in [2.45, 2.75) is 66.3 Å². The molecule has 0 N–H and O–H groups in total. The maximum Gasteiger partial charge on any atom is 0.161 e. The van der Waals surface area contributed by atoms with E-state index in [1.807, 2.05) is 67.3 Å². The maximum atomic E-state index is 15.2. The van der Waals surface area contributed by atoms with E-state index in [-0.39, 0.29) is 5.83 Å². The first kappa shape index (κ1) is 31.8. The molecule has 7 nitrogen and oxygen atoms in total. The van der Waals surface area contributed by atoms with Crippen molar-refractivity contribution >= 4 is 17.7 Å². The molecule has 0 unspecified atom stereocenters. The Morgan fingerprint density at radius 1 is 0.860 bits per heavy atom. The van der Waals surface area contributed by atoms with Gasteiger partial charge < -0.3 is 14.4 Å². The SMILES string of the molecule is COc1ccc(CN(C)c2ccc(Cn3nc(C(F)=Cc4ccc(CN(C(C)C)C(C)C)cc4)cc3C)cn2)cc1OC. The highest BCUT2D eigenvalue weighted by molar-refractivity contribution is 5.75. The summed E-state index contributed by atoms with van der Waals surface area (Å²) < 4.78 is 27.8. The summed E-state index contributed by atoms with van der Waals surface area (Å²) >= 11 is 0. The van der Waals surface area contributed by atoms with Crippen LogP contribution in [0.15, 0.2) is 66.9 Å². The second-order valence-electron chi connectivity index (χ2n) is 11.5. The Kier molecular flexibility index (Phi) is 10.6. The first-order chi connectivity index (χ1) is 20.6. The Balaban J connectivity index is 1.39. The predicted octanol–water partition coefficient (Wildman–Crippen LogP) is 7.37. The van der Waals surface area contributed by atoms with Crippen LogP contribution < -0.4 is 14.4 Å². The van der Waals surface area contributed by atoms with Crippen molar-refractivity contribution in [1.82, 2.24) is 19.7 Å². The molecule has 4 aromatic rings. The van der Waals surface area contributed by atoms with Gasteiger partial charge in [-0.3, -0.25) is 9.58 Å². The average molecular weight is 586 g/mol. The summed E-state index contributed by atoms with van der Waals surface area (Å²) in [6, 6.07) is 20.7. The second-order valence-corrected chi connectivity index (χ2v) is 11.5. The molecule has 2 heterocycles. The lowest BCUT2D eigenvalue weighted by Gasteiger charge is -2.30. The topological polar surface area (TPSA) is 55.7 Å². The van der Waals surface area contributed by atoms with Crippen molar-refractivity contribution in [2.24, 2.45) is 0 Å². The Morgan fingerprint density at radius 3 is 2.12 bits per heavy atom. The lowest BCUT2D eigenvalue weighted by atomic mass is 10.1. The average Bonchev–Trinajstić information content (AvgIpc) is 3.36. The fourth-order valence-corrected chi connectivity index (χ4v) is 5.14. The zero-order valence-corrected chi connectivity index (χ0v) is 26.6. The summed E-state index contributed by atoms with van der Waals surface area (Å²) in [5.74, 6) is 1.89. The number of anilines is 1. The van der Waals surface area contributed by atoms with E-state index in [2.05, 4.69) is 59.7 Å². The molecule has 0 aliphatic carbocycles. The van der Waals surface area contributed by atoms with Gasteiger partial charge in [-0.25, -0.2) is 9.37 Å². The first-order valence-electron chi connectivity index (χ1n) is 14.7. The number of benzene rings is 2. The molecule has 0 bridgehead atoms. The van der Waals surface area contributed by atoms with E-state index in [1.54, 1.807) is 26.4 Å². The number of methoxy groups -OCH3 is 2. The van der Waals surface area contributed by atoms with Crippen molar-refractivity contribution < 1.29 is 13.9 Å². The summed E-state index contributed by atoms with van der Waals surface area (Å²) in [7, 11) is 5.26. The molecule has 2 aromatic heterocycles. The van der Waals surface area contributed by atoms with Gasteiger partial charge >= 0.3 is 0 Å². The molecular formula is C35H44FN5O2. The molecule has 0 spiro atoms. The van der Waals surface area contributed by atoms with E-state index >= 15 is 4.39 Å². The minimum atomic E-state index is -0.356. The van der Waals surface area contributed by atoms with Crippen LogP contribution in [-0.4, -0.2) is 53.0 Å². The quantitative estimate of drug-likeness (QED) is 0.163. The minimum absolute atomic E-state index is 0.326. The van der Waals surface area contributed by atoms with Crippen LogP contribution in [0.2, 0.25) is 0 Å². The fourth-order valence-electron chi connectivity index (χ4n) is 5.14. The van der Waals surface area contributed by atoms with Crippen LogP contribution in [0.1, 0.15) is 61.3 Å². The number of nitrogens with zero attached hydrogens (tertiary/aromatic N) is 5. The third-order valence-corrected chi connectivity index (χ3v) is 7.59. The van der Waals surface area contributed by atoms with Gasteiger partial charge in [0.15, 0.2) is 17.3 Å². The molecule has 2 aromatic carbocycles. The first-order valence-corrected chi connectivity index (χ1v) is 14.7. The maximum absolute atomic E-state index is 15.2. The molecule has 43 heavy (non-hydrogen) atoms. The predicted molar refractivity (Wildman–Crippen MR) is 173 cm³/mol. The lowest BCUT2D eigenvalue weighted by molar-refractivity contribution is 0.166. The van der Waals surface area contributed by atoms with Crippen LogP contribution in [0.3, 0.4) is 0 Å². The largest absolute Gasteiger partial charge is 0.493 e. The zero-order chi connectivity index (χ0) is 31.1. The zero-order valence-electron chi connectivity index (χ0n) is 26.6. The molecule has 0 saturated heterocycles. The smallest absolute Gasteiger partial charge is 0.161 e. The molecule has 228 valence electrons. The molecule has 8 heteroatoms.